The Bertz CT molecular complexity index is 674. The summed E-state index contributed by atoms with van der Waals surface area (Å²) in [5.74, 6) is -0.766. The normalized spacial score (nSPS) is 22.1. The van der Waals surface area contributed by atoms with Gasteiger partial charge in [-0.1, -0.05) is 18.2 Å². The zero-order valence-electron chi connectivity index (χ0n) is 13.8. The van der Waals surface area contributed by atoms with Crippen LogP contribution in [0.5, 0.6) is 0 Å². The van der Waals surface area contributed by atoms with Crippen LogP contribution in [0.4, 0.5) is 9.18 Å². The van der Waals surface area contributed by atoms with Crippen LogP contribution in [0.15, 0.2) is 24.3 Å². The molecule has 8 heteroatoms. The van der Waals surface area contributed by atoms with Gasteiger partial charge < -0.3 is 10.2 Å². The maximum absolute atomic E-state index is 13.7. The molecule has 7 nitrogen and oxygen atoms in total. The van der Waals surface area contributed by atoms with Gasteiger partial charge in [0, 0.05) is 44.7 Å². The predicted molar refractivity (Wildman–Crippen MR) is 88.0 cm³/mol. The molecule has 0 unspecified atom stereocenters. The molecular weight excluding hydrogens is 327 g/mol. The van der Waals surface area contributed by atoms with E-state index in [1.54, 1.807) is 17.0 Å². The number of hydrogen-bond acceptors (Lipinski definition) is 4. The fourth-order valence-corrected chi connectivity index (χ4v) is 3.13. The molecule has 2 saturated heterocycles. The summed E-state index contributed by atoms with van der Waals surface area (Å²) >= 11 is 0. The number of urea groups is 1. The zero-order valence-corrected chi connectivity index (χ0v) is 13.8. The molecule has 0 bridgehead atoms. The van der Waals surface area contributed by atoms with Crippen LogP contribution in [0, 0.1) is 5.82 Å². The standard InChI is InChI=1S/C17H21FN4O3/c18-13-4-2-1-3-12(13)11-21-7-9-22(10-8-21)16(24)14-5-6-15(23)20-17(25)19-14/h1-4,14H,5-11H2,(H2,19,20,23,25)/t14-/m1/s1. The highest BCUT2D eigenvalue weighted by Gasteiger charge is 2.31. The molecule has 1 aromatic carbocycles. The number of rotatable bonds is 3. The number of halogens is 1. The van der Waals surface area contributed by atoms with Crippen LogP contribution < -0.4 is 10.6 Å². The number of piperazine rings is 1. The SMILES string of the molecule is O=C1CC[C@H](C(=O)N2CCN(Cc3ccccc3F)CC2)NC(=O)N1. The highest BCUT2D eigenvalue weighted by atomic mass is 19.1. The fourth-order valence-electron chi connectivity index (χ4n) is 3.13. The minimum Gasteiger partial charge on any atom is -0.338 e. The molecule has 0 aromatic heterocycles. The van der Waals surface area contributed by atoms with Gasteiger partial charge in [0.25, 0.3) is 0 Å². The Balaban J connectivity index is 1.53. The lowest BCUT2D eigenvalue weighted by Crippen LogP contribution is -2.55. The van der Waals surface area contributed by atoms with Crippen molar-refractivity contribution in [2.24, 2.45) is 0 Å². The number of carbonyl (C=O) groups excluding carboxylic acids is 3. The molecule has 2 heterocycles. The summed E-state index contributed by atoms with van der Waals surface area (Å²) in [5, 5.41) is 4.71. The van der Waals surface area contributed by atoms with Gasteiger partial charge in [-0.2, -0.15) is 0 Å². The van der Waals surface area contributed by atoms with E-state index < -0.39 is 12.1 Å². The van der Waals surface area contributed by atoms with E-state index in [1.807, 2.05) is 6.07 Å². The van der Waals surface area contributed by atoms with Crippen molar-refractivity contribution >= 4 is 17.8 Å². The van der Waals surface area contributed by atoms with Gasteiger partial charge in [-0.15, -0.1) is 0 Å². The molecule has 0 saturated carbocycles. The van der Waals surface area contributed by atoms with Crippen LogP contribution in [0.1, 0.15) is 18.4 Å². The average molecular weight is 348 g/mol. The molecule has 2 aliphatic heterocycles. The van der Waals surface area contributed by atoms with Crippen LogP contribution in [0.25, 0.3) is 0 Å². The summed E-state index contributed by atoms with van der Waals surface area (Å²) in [5.41, 5.74) is 0.642. The molecule has 2 N–H and O–H groups in total. The fraction of sp³-hybridized carbons (Fsp3) is 0.471. The number of nitrogens with zero attached hydrogens (tertiary/aromatic N) is 2. The molecule has 0 spiro atoms. The Kier molecular flexibility index (Phi) is 5.28. The van der Waals surface area contributed by atoms with Gasteiger partial charge in [0.15, 0.2) is 0 Å². The van der Waals surface area contributed by atoms with E-state index >= 15 is 0 Å². The molecule has 3 rings (SSSR count). The number of nitrogens with one attached hydrogen (secondary N) is 2. The van der Waals surface area contributed by atoms with Crippen molar-refractivity contribution in [1.29, 1.82) is 0 Å². The Labute approximate surface area is 145 Å². The molecule has 1 aromatic rings. The summed E-state index contributed by atoms with van der Waals surface area (Å²) < 4.78 is 13.7. The minimum absolute atomic E-state index is 0.141. The molecule has 2 aliphatic rings. The van der Waals surface area contributed by atoms with E-state index in [9.17, 15) is 18.8 Å². The molecule has 0 radical (unpaired) electrons. The van der Waals surface area contributed by atoms with Gasteiger partial charge in [0.2, 0.25) is 11.8 Å². The summed E-state index contributed by atoms with van der Waals surface area (Å²) in [6.45, 7) is 2.81. The lowest BCUT2D eigenvalue weighted by Gasteiger charge is -2.36. The van der Waals surface area contributed by atoms with E-state index in [0.717, 1.165) is 0 Å². The molecule has 1 atom stereocenters. The maximum Gasteiger partial charge on any atom is 0.322 e. The predicted octanol–water partition coefficient (Wildman–Crippen LogP) is 0.458. The van der Waals surface area contributed by atoms with Crippen molar-refractivity contribution in [2.75, 3.05) is 26.2 Å². The molecular formula is C17H21FN4O3. The Morgan fingerprint density at radius 1 is 1.16 bits per heavy atom. The molecule has 25 heavy (non-hydrogen) atoms. The third-order valence-electron chi connectivity index (χ3n) is 4.55. The zero-order chi connectivity index (χ0) is 17.8. The number of hydrogen-bond donors (Lipinski definition) is 2. The second-order valence-electron chi connectivity index (χ2n) is 6.31. The number of imide groups is 1. The number of benzene rings is 1. The van der Waals surface area contributed by atoms with Gasteiger partial charge >= 0.3 is 6.03 Å². The Hall–Kier alpha value is -2.48. The van der Waals surface area contributed by atoms with Crippen molar-refractivity contribution in [3.63, 3.8) is 0 Å². The van der Waals surface area contributed by atoms with Crippen LogP contribution in [0.2, 0.25) is 0 Å². The Morgan fingerprint density at radius 3 is 2.60 bits per heavy atom. The van der Waals surface area contributed by atoms with E-state index in [1.165, 1.54) is 6.07 Å². The second kappa shape index (κ2) is 7.60. The third-order valence-corrected chi connectivity index (χ3v) is 4.55. The van der Waals surface area contributed by atoms with E-state index in [2.05, 4.69) is 15.5 Å². The maximum atomic E-state index is 13.7. The van der Waals surface area contributed by atoms with E-state index in [0.29, 0.717) is 44.7 Å². The van der Waals surface area contributed by atoms with Gasteiger partial charge in [-0.3, -0.25) is 19.8 Å². The second-order valence-corrected chi connectivity index (χ2v) is 6.31. The van der Waals surface area contributed by atoms with Gasteiger partial charge in [0.1, 0.15) is 11.9 Å². The number of carbonyl (C=O) groups is 3. The smallest absolute Gasteiger partial charge is 0.322 e. The Morgan fingerprint density at radius 2 is 1.88 bits per heavy atom. The van der Waals surface area contributed by atoms with E-state index in [-0.39, 0.29) is 24.1 Å². The van der Waals surface area contributed by atoms with Crippen molar-refractivity contribution < 1.29 is 18.8 Å². The van der Waals surface area contributed by atoms with Crippen LogP contribution in [-0.4, -0.2) is 59.9 Å². The summed E-state index contributed by atoms with van der Waals surface area (Å²) in [7, 11) is 0. The summed E-state index contributed by atoms with van der Waals surface area (Å²) in [4.78, 5) is 39.2. The first-order valence-electron chi connectivity index (χ1n) is 8.38. The lowest BCUT2D eigenvalue weighted by molar-refractivity contribution is -0.135. The molecule has 2 fully saturated rings. The first-order chi connectivity index (χ1) is 12.0. The third kappa shape index (κ3) is 4.33. The van der Waals surface area contributed by atoms with Crippen LogP contribution in [0.3, 0.4) is 0 Å². The van der Waals surface area contributed by atoms with Crippen LogP contribution >= 0.6 is 0 Å². The molecule has 4 amide bonds. The van der Waals surface area contributed by atoms with Crippen molar-refractivity contribution in [3.05, 3.63) is 35.6 Å². The van der Waals surface area contributed by atoms with Gasteiger partial charge in [0.05, 0.1) is 0 Å². The monoisotopic (exact) mass is 348 g/mol. The van der Waals surface area contributed by atoms with Crippen molar-refractivity contribution in [1.82, 2.24) is 20.4 Å². The molecule has 134 valence electrons. The topological polar surface area (TPSA) is 81.8 Å². The number of amides is 4. The van der Waals surface area contributed by atoms with Crippen LogP contribution in [-0.2, 0) is 16.1 Å². The highest BCUT2D eigenvalue weighted by molar-refractivity contribution is 5.98. The molecule has 0 aliphatic carbocycles. The van der Waals surface area contributed by atoms with Crippen molar-refractivity contribution in [3.8, 4) is 0 Å². The largest absolute Gasteiger partial charge is 0.338 e. The van der Waals surface area contributed by atoms with Crippen molar-refractivity contribution in [2.45, 2.75) is 25.4 Å². The quantitative estimate of drug-likeness (QED) is 0.831. The van der Waals surface area contributed by atoms with E-state index in [4.69, 9.17) is 0 Å². The first-order valence-corrected chi connectivity index (χ1v) is 8.38. The first kappa shape index (κ1) is 17.3. The highest BCUT2D eigenvalue weighted by Crippen LogP contribution is 2.13. The summed E-state index contributed by atoms with van der Waals surface area (Å²) in [6.07, 6.45) is 0.439. The average Bonchev–Trinajstić information content (AvgIpc) is 2.77. The van der Waals surface area contributed by atoms with Gasteiger partial charge in [-0.25, -0.2) is 9.18 Å². The lowest BCUT2D eigenvalue weighted by atomic mass is 10.1. The summed E-state index contributed by atoms with van der Waals surface area (Å²) in [6, 6.07) is 5.37. The van der Waals surface area contributed by atoms with Gasteiger partial charge in [-0.05, 0) is 12.5 Å². The minimum atomic E-state index is -0.676.